The molecule has 23 heteroatoms. The topological polar surface area (TPSA) is 271 Å². The zero-order valence-corrected chi connectivity index (χ0v) is 45.1. The zero-order valence-electron chi connectivity index (χ0n) is 43.4. The number of aromatic nitrogens is 6. The van der Waals surface area contributed by atoms with E-state index in [2.05, 4.69) is 41.9 Å². The van der Waals surface area contributed by atoms with Gasteiger partial charge in [0, 0.05) is 72.3 Å². The lowest BCUT2D eigenvalue weighted by molar-refractivity contribution is 0.0280. The second kappa shape index (κ2) is 22.1. The fourth-order valence-corrected chi connectivity index (χ4v) is 12.5. The lowest BCUT2D eigenvalue weighted by Crippen LogP contribution is -2.41. The van der Waals surface area contributed by atoms with Crippen molar-refractivity contribution in [1.29, 1.82) is 10.5 Å². The van der Waals surface area contributed by atoms with Gasteiger partial charge in [-0.15, -0.1) is 4.36 Å². The quantitative estimate of drug-likeness (QED) is 0.132. The fourth-order valence-electron chi connectivity index (χ4n) is 8.63. The van der Waals surface area contributed by atoms with E-state index in [1.807, 2.05) is 35.2 Å². The van der Waals surface area contributed by atoms with Crippen LogP contribution in [0.3, 0.4) is 0 Å². The minimum Gasteiger partial charge on any atom is -0.489 e. The highest BCUT2D eigenvalue weighted by atomic mass is 32.2. The number of fused-ring (bicyclic) bond motifs is 2. The molecule has 0 saturated carbocycles. The average molecular weight is 1060 g/mol. The second-order valence-corrected chi connectivity index (χ2v) is 26.2. The van der Waals surface area contributed by atoms with E-state index in [1.165, 1.54) is 12.4 Å². The number of ether oxygens (including phenoxy) is 3. The van der Waals surface area contributed by atoms with Crippen LogP contribution in [0.15, 0.2) is 82.3 Å². The Hall–Kier alpha value is -6.89. The molecule has 0 spiro atoms. The summed E-state index contributed by atoms with van der Waals surface area (Å²) >= 11 is 0. The van der Waals surface area contributed by atoms with Crippen LogP contribution in [-0.4, -0.2) is 152 Å². The summed E-state index contributed by atoms with van der Waals surface area (Å²) in [5.41, 5.74) is 2.52. The number of carbonyl (C=O) groups is 1. The van der Waals surface area contributed by atoms with Crippen LogP contribution in [0.2, 0.25) is 0 Å². The van der Waals surface area contributed by atoms with Crippen LogP contribution in [0.4, 0.5) is 16.4 Å². The Kier molecular flexibility index (Phi) is 16.0. The summed E-state index contributed by atoms with van der Waals surface area (Å²) < 4.78 is 55.0. The molecule has 0 aliphatic carbocycles. The van der Waals surface area contributed by atoms with Crippen LogP contribution in [0.5, 0.6) is 11.5 Å². The van der Waals surface area contributed by atoms with E-state index in [-0.39, 0.29) is 30.8 Å². The fraction of sp³-hybridized carbons (Fsp3) is 0.481. The van der Waals surface area contributed by atoms with Crippen molar-refractivity contribution in [3.05, 3.63) is 84.7 Å². The van der Waals surface area contributed by atoms with Gasteiger partial charge in [-0.05, 0) is 111 Å². The van der Waals surface area contributed by atoms with Gasteiger partial charge in [-0.2, -0.15) is 20.7 Å². The SMILES string of the molecule is CC(C)(O)COc1cc(-c2ccc(N3CCS(=O)(=NC(=O)OC(C)(C)C)CC3)nc2)c2c(C#N)cnn2c1.CC(C)(O)COc1cc(-c2ccc(N3CCS(=O)(=NC4CCNCC4)CC3)nc2)c2c(C#N)cnn2c1. The van der Waals surface area contributed by atoms with E-state index in [0.29, 0.717) is 82.7 Å². The van der Waals surface area contributed by atoms with Gasteiger partial charge in [0.05, 0.1) is 95.2 Å². The van der Waals surface area contributed by atoms with Crippen molar-refractivity contribution in [2.24, 2.45) is 8.73 Å². The molecule has 6 aromatic rings. The van der Waals surface area contributed by atoms with Crippen molar-refractivity contribution in [3.8, 4) is 45.9 Å². The standard InChI is InChI=1S/C26H33N7O3S.C26H32N6O5S/c1-26(2,34)18-36-22-13-23(25-20(14-27)16-30-33(25)17-22)19-3-4-24(29-15-19)32-9-11-37(35,12-10-32)31-21-5-7-28-8-6-21;1-25(2,3)37-24(33)30-38(35)10-8-31(9-11-38)22-7-6-18(14-28-22)21-12-20(36-17-26(4,5)34)16-32-23(21)19(13-27)15-29-32/h3-4,13,15-17,21,28,34H,5-12,18H2,1-2H3;6-7,12,14-16,34H,8-11,17H2,1-5H3. The predicted molar refractivity (Wildman–Crippen MR) is 287 cm³/mol. The minimum absolute atomic E-state index is 0.0832. The Morgan fingerprint density at radius 1 is 0.707 bits per heavy atom. The molecule has 3 N–H and O–H groups in total. The number of piperidine rings is 1. The molecule has 3 fully saturated rings. The highest BCUT2D eigenvalue weighted by Crippen LogP contribution is 2.34. The van der Waals surface area contributed by atoms with Crippen molar-refractivity contribution in [2.45, 2.75) is 84.2 Å². The number of amides is 1. The van der Waals surface area contributed by atoms with Gasteiger partial charge in [-0.3, -0.25) is 0 Å². The molecule has 3 saturated heterocycles. The van der Waals surface area contributed by atoms with Gasteiger partial charge in [0.2, 0.25) is 0 Å². The molecule has 0 atom stereocenters. The Balaban J connectivity index is 0.000000199. The molecule has 6 aromatic heterocycles. The maximum Gasteiger partial charge on any atom is 0.442 e. The third-order valence-electron chi connectivity index (χ3n) is 12.4. The number of nitrogens with one attached hydrogen (secondary N) is 1. The van der Waals surface area contributed by atoms with Gasteiger partial charge in [-0.1, -0.05) is 0 Å². The van der Waals surface area contributed by atoms with Gasteiger partial charge < -0.3 is 39.5 Å². The van der Waals surface area contributed by atoms with Crippen LogP contribution in [0.25, 0.3) is 33.3 Å². The second-order valence-electron chi connectivity index (χ2n) is 21.1. The maximum atomic E-state index is 13.3. The first-order valence-electron chi connectivity index (χ1n) is 24.8. The molecule has 9 heterocycles. The molecule has 3 aliphatic heterocycles. The van der Waals surface area contributed by atoms with Gasteiger partial charge >= 0.3 is 6.09 Å². The molecule has 21 nitrogen and oxygen atoms in total. The number of hydrogen-bond donors (Lipinski definition) is 3. The molecular weight excluding hydrogens is 999 g/mol. The molecule has 0 bridgehead atoms. The van der Waals surface area contributed by atoms with Gasteiger partial charge in [0.25, 0.3) is 0 Å². The number of carbonyl (C=O) groups excluding carboxylic acids is 1. The van der Waals surface area contributed by atoms with Crippen LogP contribution in [0.1, 0.15) is 72.4 Å². The van der Waals surface area contributed by atoms with Crippen LogP contribution in [0, 0.1) is 22.7 Å². The highest BCUT2D eigenvalue weighted by Gasteiger charge is 2.27. The summed E-state index contributed by atoms with van der Waals surface area (Å²) in [5.74, 6) is 4.14. The molecule has 3 aliphatic rings. The minimum atomic E-state index is -2.69. The van der Waals surface area contributed by atoms with E-state index in [9.17, 15) is 33.9 Å². The monoisotopic (exact) mass is 1060 g/mol. The molecule has 0 unspecified atom stereocenters. The number of rotatable bonds is 11. The maximum absolute atomic E-state index is 13.3. The first-order valence-corrected chi connectivity index (χ1v) is 28.5. The first kappa shape index (κ1) is 54.4. The number of anilines is 2. The lowest BCUT2D eigenvalue weighted by Gasteiger charge is -2.31. The van der Waals surface area contributed by atoms with Crippen molar-refractivity contribution < 1.29 is 37.6 Å². The Morgan fingerprint density at radius 3 is 1.53 bits per heavy atom. The summed E-state index contributed by atoms with van der Waals surface area (Å²) in [7, 11) is -4.86. The summed E-state index contributed by atoms with van der Waals surface area (Å²) in [6.07, 6.45) is 11.0. The summed E-state index contributed by atoms with van der Waals surface area (Å²) in [6, 6.07) is 15.9. The Morgan fingerprint density at radius 2 is 1.15 bits per heavy atom. The van der Waals surface area contributed by atoms with Gasteiger partial charge in [0.1, 0.15) is 54.1 Å². The third-order valence-corrected chi connectivity index (χ3v) is 16.8. The molecule has 0 radical (unpaired) electrons. The van der Waals surface area contributed by atoms with E-state index in [4.69, 9.17) is 23.6 Å². The molecule has 1 amide bonds. The van der Waals surface area contributed by atoms with Crippen LogP contribution < -0.4 is 24.6 Å². The summed E-state index contributed by atoms with van der Waals surface area (Å²) in [4.78, 5) is 25.5. The van der Waals surface area contributed by atoms with Crippen molar-refractivity contribution >= 4 is 48.2 Å². The van der Waals surface area contributed by atoms with E-state index in [0.717, 1.165) is 48.4 Å². The van der Waals surface area contributed by atoms with Crippen LogP contribution >= 0.6 is 0 Å². The normalized spacial score (nSPS) is 17.1. The zero-order chi connectivity index (χ0) is 53.8. The average Bonchev–Trinajstić information content (AvgIpc) is 3.99. The number of hydrogen-bond acceptors (Lipinski definition) is 18. The number of nitriles is 2. The third kappa shape index (κ3) is 14.1. The van der Waals surface area contributed by atoms with E-state index < -0.39 is 42.4 Å². The lowest BCUT2D eigenvalue weighted by atomic mass is 10.1. The van der Waals surface area contributed by atoms with Crippen LogP contribution in [-0.2, 0) is 24.2 Å². The number of aliphatic hydroxyl groups is 2. The van der Waals surface area contributed by atoms with Crippen molar-refractivity contribution in [1.82, 2.24) is 34.5 Å². The number of pyridine rings is 4. The van der Waals surface area contributed by atoms with Crippen molar-refractivity contribution in [3.63, 3.8) is 0 Å². The van der Waals surface area contributed by atoms with E-state index >= 15 is 0 Å². The number of nitrogens with zero attached hydrogens (tertiary/aromatic N) is 12. The predicted octanol–water partition coefficient (Wildman–Crippen LogP) is 6.10. The van der Waals surface area contributed by atoms with Gasteiger partial charge in [0.15, 0.2) is 0 Å². The molecule has 0 aromatic carbocycles. The largest absolute Gasteiger partial charge is 0.489 e. The molecular formula is C52H65N13O8S2. The Labute approximate surface area is 437 Å². The first-order chi connectivity index (χ1) is 35.5. The summed E-state index contributed by atoms with van der Waals surface area (Å²) in [6.45, 7) is 16.2. The summed E-state index contributed by atoms with van der Waals surface area (Å²) in [5, 5.41) is 51.2. The van der Waals surface area contributed by atoms with Crippen molar-refractivity contribution in [2.75, 3.05) is 85.3 Å². The molecule has 9 rings (SSSR count). The molecule has 75 heavy (non-hydrogen) atoms. The highest BCUT2D eigenvalue weighted by molar-refractivity contribution is 7.94. The smallest absolute Gasteiger partial charge is 0.442 e. The Bertz CT molecular complexity index is 3350. The van der Waals surface area contributed by atoms with E-state index in [1.54, 1.807) is 88.4 Å². The molecule has 398 valence electrons. The van der Waals surface area contributed by atoms with Gasteiger partial charge in [-0.25, -0.2) is 36.6 Å².